The van der Waals surface area contributed by atoms with E-state index in [1.807, 2.05) is 18.2 Å². The molecular weight excluding hydrogens is 290 g/mol. The van der Waals surface area contributed by atoms with Crippen LogP contribution >= 0.6 is 11.8 Å². The van der Waals surface area contributed by atoms with Gasteiger partial charge in [0.15, 0.2) is 5.17 Å². The maximum absolute atomic E-state index is 13.5. The molecule has 1 aliphatic rings. The lowest BCUT2D eigenvalue weighted by Crippen LogP contribution is -2.19. The van der Waals surface area contributed by atoms with Crippen molar-refractivity contribution in [3.63, 3.8) is 0 Å². The van der Waals surface area contributed by atoms with Crippen LogP contribution in [-0.2, 0) is 6.54 Å². The van der Waals surface area contributed by atoms with Crippen molar-refractivity contribution in [2.24, 2.45) is 4.99 Å². The number of hydrogen-bond donors (Lipinski definition) is 1. The zero-order chi connectivity index (χ0) is 14.7. The monoisotopic (exact) mass is 304 g/mol. The normalized spacial score (nSPS) is 17.6. The Kier molecular flexibility index (Phi) is 4.20. The van der Waals surface area contributed by atoms with Gasteiger partial charge >= 0.3 is 0 Å². The third kappa shape index (κ3) is 3.42. The van der Waals surface area contributed by atoms with Crippen LogP contribution < -0.4 is 5.32 Å². The standard InChI is InChI=1S/C16H14F2N2S/c17-13-6-7-14(18)12(8-13)9-19-16-20-10-15(21-16)11-4-2-1-3-5-11/h1-8,15H,9-10H2,(H,19,20). The molecule has 0 radical (unpaired) electrons. The Balaban J connectivity index is 1.59. The molecule has 0 aromatic heterocycles. The highest BCUT2D eigenvalue weighted by molar-refractivity contribution is 8.14. The lowest BCUT2D eigenvalue weighted by molar-refractivity contribution is 0.582. The average Bonchev–Trinajstić information content (AvgIpc) is 2.98. The Morgan fingerprint density at radius 1 is 1.14 bits per heavy atom. The van der Waals surface area contributed by atoms with Crippen LogP contribution in [0.15, 0.2) is 53.5 Å². The summed E-state index contributed by atoms with van der Waals surface area (Å²) in [5.74, 6) is -0.844. The predicted octanol–water partition coefficient (Wildman–Crippen LogP) is 3.90. The Morgan fingerprint density at radius 3 is 2.76 bits per heavy atom. The van der Waals surface area contributed by atoms with E-state index in [-0.39, 0.29) is 11.8 Å². The summed E-state index contributed by atoms with van der Waals surface area (Å²) in [6, 6.07) is 13.6. The number of nitrogens with one attached hydrogen (secondary N) is 1. The molecule has 108 valence electrons. The second-order valence-corrected chi connectivity index (χ2v) is 5.94. The molecule has 0 aliphatic carbocycles. The van der Waals surface area contributed by atoms with Crippen molar-refractivity contribution in [3.05, 3.63) is 71.3 Å². The zero-order valence-corrected chi connectivity index (χ0v) is 12.0. The van der Waals surface area contributed by atoms with Gasteiger partial charge in [0, 0.05) is 12.1 Å². The SMILES string of the molecule is Fc1ccc(F)c(CNC2=NCC(c3ccccc3)S2)c1. The van der Waals surface area contributed by atoms with Crippen LogP contribution in [0, 0.1) is 11.6 Å². The average molecular weight is 304 g/mol. The van der Waals surface area contributed by atoms with E-state index in [1.54, 1.807) is 11.8 Å². The van der Waals surface area contributed by atoms with Gasteiger partial charge in [0.05, 0.1) is 11.8 Å². The topological polar surface area (TPSA) is 24.4 Å². The number of amidine groups is 1. The molecule has 5 heteroatoms. The quantitative estimate of drug-likeness (QED) is 0.930. The fourth-order valence-corrected chi connectivity index (χ4v) is 3.18. The Bertz CT molecular complexity index is 659. The van der Waals surface area contributed by atoms with Crippen LogP contribution in [0.4, 0.5) is 8.78 Å². The first-order chi connectivity index (χ1) is 10.2. The summed E-state index contributed by atoms with van der Waals surface area (Å²) in [5.41, 5.74) is 1.53. The minimum Gasteiger partial charge on any atom is -0.361 e. The van der Waals surface area contributed by atoms with Crippen LogP contribution in [-0.4, -0.2) is 11.7 Å². The lowest BCUT2D eigenvalue weighted by atomic mass is 10.1. The van der Waals surface area contributed by atoms with Gasteiger partial charge in [0.25, 0.3) is 0 Å². The van der Waals surface area contributed by atoms with Crippen molar-refractivity contribution in [2.45, 2.75) is 11.8 Å². The largest absolute Gasteiger partial charge is 0.361 e. The van der Waals surface area contributed by atoms with E-state index < -0.39 is 11.6 Å². The van der Waals surface area contributed by atoms with E-state index in [0.29, 0.717) is 12.1 Å². The molecular formula is C16H14F2N2S. The molecule has 2 nitrogen and oxygen atoms in total. The number of halogens is 2. The maximum atomic E-state index is 13.5. The van der Waals surface area contributed by atoms with Crippen molar-refractivity contribution in [1.29, 1.82) is 0 Å². The van der Waals surface area contributed by atoms with Gasteiger partial charge in [-0.2, -0.15) is 0 Å². The zero-order valence-electron chi connectivity index (χ0n) is 11.2. The molecule has 1 heterocycles. The molecule has 0 amide bonds. The van der Waals surface area contributed by atoms with E-state index in [2.05, 4.69) is 22.4 Å². The number of rotatable bonds is 3. The molecule has 1 unspecified atom stereocenters. The van der Waals surface area contributed by atoms with E-state index in [0.717, 1.165) is 17.3 Å². The molecule has 0 spiro atoms. The molecule has 0 bridgehead atoms. The summed E-state index contributed by atoms with van der Waals surface area (Å²) in [7, 11) is 0. The third-order valence-electron chi connectivity index (χ3n) is 3.26. The number of aliphatic imine (C=N–C) groups is 1. The minimum absolute atomic E-state index is 0.233. The van der Waals surface area contributed by atoms with Crippen molar-refractivity contribution >= 4 is 16.9 Å². The maximum Gasteiger partial charge on any atom is 0.157 e. The smallest absolute Gasteiger partial charge is 0.157 e. The Labute approximate surface area is 126 Å². The summed E-state index contributed by atoms with van der Waals surface area (Å²) in [4.78, 5) is 4.41. The second-order valence-electron chi connectivity index (χ2n) is 4.75. The highest BCUT2D eigenvalue weighted by atomic mass is 32.2. The number of nitrogens with zero attached hydrogens (tertiary/aromatic N) is 1. The molecule has 2 aromatic rings. The van der Waals surface area contributed by atoms with Crippen molar-refractivity contribution in [2.75, 3.05) is 6.54 Å². The fourth-order valence-electron chi connectivity index (χ4n) is 2.16. The van der Waals surface area contributed by atoms with Crippen LogP contribution in [0.5, 0.6) is 0 Å². The summed E-state index contributed by atoms with van der Waals surface area (Å²) in [6.07, 6.45) is 0. The molecule has 1 atom stereocenters. The van der Waals surface area contributed by atoms with Crippen LogP contribution in [0.2, 0.25) is 0 Å². The molecule has 21 heavy (non-hydrogen) atoms. The Hall–Kier alpha value is -1.88. The van der Waals surface area contributed by atoms with Gasteiger partial charge in [-0.25, -0.2) is 8.78 Å². The molecule has 0 fully saturated rings. The molecule has 1 N–H and O–H groups in total. The predicted molar refractivity (Wildman–Crippen MR) is 82.3 cm³/mol. The number of thioether (sulfide) groups is 1. The third-order valence-corrected chi connectivity index (χ3v) is 4.47. The highest BCUT2D eigenvalue weighted by Gasteiger charge is 2.21. The van der Waals surface area contributed by atoms with Gasteiger partial charge in [-0.1, -0.05) is 42.1 Å². The van der Waals surface area contributed by atoms with Gasteiger partial charge in [-0.3, -0.25) is 4.99 Å². The number of benzene rings is 2. The second kappa shape index (κ2) is 6.26. The van der Waals surface area contributed by atoms with Gasteiger partial charge in [0.1, 0.15) is 11.6 Å². The first-order valence-corrected chi connectivity index (χ1v) is 7.54. The summed E-state index contributed by atoms with van der Waals surface area (Å²) >= 11 is 1.62. The molecule has 3 rings (SSSR count). The number of hydrogen-bond acceptors (Lipinski definition) is 3. The first kappa shape index (κ1) is 14.1. The molecule has 0 saturated carbocycles. The van der Waals surface area contributed by atoms with E-state index in [4.69, 9.17) is 0 Å². The highest BCUT2D eigenvalue weighted by Crippen LogP contribution is 2.34. The van der Waals surface area contributed by atoms with Crippen molar-refractivity contribution in [1.82, 2.24) is 5.32 Å². The van der Waals surface area contributed by atoms with Gasteiger partial charge in [0.2, 0.25) is 0 Å². The van der Waals surface area contributed by atoms with Crippen LogP contribution in [0.3, 0.4) is 0 Å². The summed E-state index contributed by atoms with van der Waals surface area (Å²) in [5, 5.41) is 4.13. The van der Waals surface area contributed by atoms with E-state index >= 15 is 0 Å². The Morgan fingerprint density at radius 2 is 1.95 bits per heavy atom. The summed E-state index contributed by atoms with van der Waals surface area (Å²) < 4.78 is 26.6. The van der Waals surface area contributed by atoms with Gasteiger partial charge in [-0.15, -0.1) is 0 Å². The van der Waals surface area contributed by atoms with Crippen LogP contribution in [0.25, 0.3) is 0 Å². The van der Waals surface area contributed by atoms with E-state index in [1.165, 1.54) is 11.6 Å². The molecule has 1 aliphatic heterocycles. The van der Waals surface area contributed by atoms with Crippen LogP contribution in [0.1, 0.15) is 16.4 Å². The lowest BCUT2D eigenvalue weighted by Gasteiger charge is -2.10. The molecule has 2 aromatic carbocycles. The van der Waals surface area contributed by atoms with Gasteiger partial charge in [-0.05, 0) is 23.8 Å². The van der Waals surface area contributed by atoms with E-state index in [9.17, 15) is 8.78 Å². The van der Waals surface area contributed by atoms with Gasteiger partial charge < -0.3 is 5.32 Å². The molecule has 0 saturated heterocycles. The van der Waals surface area contributed by atoms with Crippen molar-refractivity contribution < 1.29 is 8.78 Å². The summed E-state index contributed by atoms with van der Waals surface area (Å²) in [6.45, 7) is 0.930. The first-order valence-electron chi connectivity index (χ1n) is 6.66. The minimum atomic E-state index is -0.434. The fraction of sp³-hybridized carbons (Fsp3) is 0.188. The van der Waals surface area contributed by atoms with Crippen molar-refractivity contribution in [3.8, 4) is 0 Å².